The summed E-state index contributed by atoms with van der Waals surface area (Å²) < 4.78 is 0. The average Bonchev–Trinajstić information content (AvgIpc) is 3.19. The molecule has 2 N–H and O–H groups in total. The van der Waals surface area contributed by atoms with Crippen LogP contribution in [-0.2, 0) is 6.42 Å². The molecule has 0 aromatic heterocycles. The van der Waals surface area contributed by atoms with E-state index < -0.39 is 0 Å². The second-order valence-electron chi connectivity index (χ2n) is 7.55. The summed E-state index contributed by atoms with van der Waals surface area (Å²) in [5.74, 6) is 0. The lowest BCUT2D eigenvalue weighted by Crippen LogP contribution is -2.13. The van der Waals surface area contributed by atoms with E-state index in [9.17, 15) is 0 Å². The second kappa shape index (κ2) is 7.15. The van der Waals surface area contributed by atoms with Crippen molar-refractivity contribution in [2.75, 3.05) is 13.1 Å². The fourth-order valence-corrected chi connectivity index (χ4v) is 3.86. The van der Waals surface area contributed by atoms with E-state index in [-0.39, 0.29) is 12.1 Å². The summed E-state index contributed by atoms with van der Waals surface area (Å²) in [7, 11) is 0. The molecular formula is C25H26N2. The summed E-state index contributed by atoms with van der Waals surface area (Å²) in [5.41, 5.74) is 9.54. The molecule has 0 aliphatic carbocycles. The third-order valence-corrected chi connectivity index (χ3v) is 5.68. The summed E-state index contributed by atoms with van der Waals surface area (Å²) in [6.45, 7) is 18.1. The monoisotopic (exact) mass is 354 g/mol. The van der Waals surface area contributed by atoms with Crippen LogP contribution in [0.2, 0.25) is 0 Å². The molecule has 2 nitrogen and oxygen atoms in total. The molecule has 0 bridgehead atoms. The molecule has 2 aliphatic rings. The van der Waals surface area contributed by atoms with Gasteiger partial charge in [-0.15, -0.1) is 0 Å². The van der Waals surface area contributed by atoms with Gasteiger partial charge in [0.15, 0.2) is 0 Å². The van der Waals surface area contributed by atoms with E-state index in [1.54, 1.807) is 0 Å². The van der Waals surface area contributed by atoms with E-state index in [1.807, 2.05) is 0 Å². The van der Waals surface area contributed by atoms with Crippen molar-refractivity contribution in [3.63, 3.8) is 0 Å². The van der Waals surface area contributed by atoms with Gasteiger partial charge < -0.3 is 10.6 Å². The molecule has 27 heavy (non-hydrogen) atoms. The third-order valence-electron chi connectivity index (χ3n) is 5.68. The van der Waals surface area contributed by atoms with E-state index in [1.165, 1.54) is 22.3 Å². The van der Waals surface area contributed by atoms with Crippen LogP contribution in [0.1, 0.15) is 34.3 Å². The lowest BCUT2D eigenvalue weighted by Gasteiger charge is -2.14. The number of rotatable bonds is 4. The van der Waals surface area contributed by atoms with Gasteiger partial charge in [-0.05, 0) is 51.0 Å². The van der Waals surface area contributed by atoms with E-state index in [2.05, 4.69) is 85.5 Å². The highest BCUT2D eigenvalue weighted by atomic mass is 15.0. The largest absolute Gasteiger partial charge is 0.302 e. The summed E-state index contributed by atoms with van der Waals surface area (Å²) >= 11 is 0. The van der Waals surface area contributed by atoms with Crippen molar-refractivity contribution in [2.24, 2.45) is 0 Å². The second-order valence-corrected chi connectivity index (χ2v) is 7.55. The van der Waals surface area contributed by atoms with Gasteiger partial charge in [-0.1, -0.05) is 74.8 Å². The third kappa shape index (κ3) is 3.46. The van der Waals surface area contributed by atoms with Crippen LogP contribution in [0.3, 0.4) is 0 Å². The summed E-state index contributed by atoms with van der Waals surface area (Å²) in [4.78, 5) is 0. The molecule has 136 valence electrons. The van der Waals surface area contributed by atoms with Crippen molar-refractivity contribution in [3.8, 4) is 0 Å². The van der Waals surface area contributed by atoms with Crippen molar-refractivity contribution in [3.05, 3.63) is 119 Å². The number of nitrogens with one attached hydrogen (secondary N) is 2. The van der Waals surface area contributed by atoms with Crippen LogP contribution in [0, 0.1) is 0 Å². The van der Waals surface area contributed by atoms with Gasteiger partial charge in [-0.3, -0.25) is 0 Å². The smallest absolute Gasteiger partial charge is 0.0576 e. The van der Waals surface area contributed by atoms with Crippen molar-refractivity contribution >= 4 is 0 Å². The van der Waals surface area contributed by atoms with Crippen LogP contribution in [0.5, 0.6) is 0 Å². The molecule has 2 aromatic carbocycles. The Bertz CT molecular complexity index is 838. The van der Waals surface area contributed by atoms with Gasteiger partial charge >= 0.3 is 0 Å². The Morgan fingerprint density at radius 1 is 0.630 bits per heavy atom. The first-order valence-electron chi connectivity index (χ1n) is 9.41. The van der Waals surface area contributed by atoms with E-state index in [0.717, 1.165) is 41.8 Å². The van der Waals surface area contributed by atoms with Crippen LogP contribution < -0.4 is 10.6 Å². The first-order chi connectivity index (χ1) is 13.0. The maximum Gasteiger partial charge on any atom is 0.0576 e. The molecule has 2 aliphatic heterocycles. The Morgan fingerprint density at radius 2 is 1.00 bits per heavy atom. The van der Waals surface area contributed by atoms with Crippen molar-refractivity contribution in [1.29, 1.82) is 0 Å². The predicted octanol–water partition coefficient (Wildman–Crippen LogP) is 4.79. The maximum absolute atomic E-state index is 4.16. The molecule has 2 heterocycles. The van der Waals surface area contributed by atoms with Gasteiger partial charge in [-0.2, -0.15) is 0 Å². The van der Waals surface area contributed by atoms with Crippen LogP contribution >= 0.6 is 0 Å². The predicted molar refractivity (Wildman–Crippen MR) is 114 cm³/mol. The molecular weight excluding hydrogens is 328 g/mol. The fraction of sp³-hybridized carbons (Fsp3) is 0.200. The molecule has 2 saturated heterocycles. The molecule has 2 fully saturated rings. The van der Waals surface area contributed by atoms with Gasteiger partial charge in [0.05, 0.1) is 12.1 Å². The summed E-state index contributed by atoms with van der Waals surface area (Å²) in [5, 5.41) is 6.93. The Morgan fingerprint density at radius 3 is 1.30 bits per heavy atom. The standard InChI is InChI=1S/C25H26N2/c1-16-14-26-24(18(16)3)22-9-5-20(6-10-22)13-21-7-11-23(12-8-21)25-19(4)17(2)15-27-25/h5-12,24-27H,1-4,13-15H2. The van der Waals surface area contributed by atoms with Gasteiger partial charge in [0.2, 0.25) is 0 Å². The zero-order valence-corrected chi connectivity index (χ0v) is 15.7. The minimum absolute atomic E-state index is 0.201. The zero-order valence-electron chi connectivity index (χ0n) is 15.7. The normalized spacial score (nSPS) is 22.7. The Kier molecular flexibility index (Phi) is 4.69. The van der Waals surface area contributed by atoms with Crippen molar-refractivity contribution < 1.29 is 0 Å². The topological polar surface area (TPSA) is 24.1 Å². The first kappa shape index (κ1) is 17.7. The Labute approximate surface area is 162 Å². The van der Waals surface area contributed by atoms with E-state index in [0.29, 0.717) is 0 Å². The zero-order chi connectivity index (χ0) is 19.0. The first-order valence-corrected chi connectivity index (χ1v) is 9.41. The highest BCUT2D eigenvalue weighted by Gasteiger charge is 2.24. The molecule has 0 amide bonds. The average molecular weight is 354 g/mol. The van der Waals surface area contributed by atoms with Crippen LogP contribution in [0.25, 0.3) is 0 Å². The highest BCUT2D eigenvalue weighted by molar-refractivity contribution is 5.45. The van der Waals surface area contributed by atoms with Crippen LogP contribution in [0.15, 0.2) is 97.1 Å². The Balaban J connectivity index is 1.43. The molecule has 0 spiro atoms. The van der Waals surface area contributed by atoms with Gasteiger partial charge in [0.1, 0.15) is 0 Å². The Hall–Kier alpha value is -2.68. The summed E-state index contributed by atoms with van der Waals surface area (Å²) in [6, 6.07) is 18.0. The lowest BCUT2D eigenvalue weighted by atomic mass is 9.95. The van der Waals surface area contributed by atoms with Crippen LogP contribution in [-0.4, -0.2) is 13.1 Å². The van der Waals surface area contributed by atoms with Crippen LogP contribution in [0.4, 0.5) is 0 Å². The number of benzene rings is 2. The molecule has 0 saturated carbocycles. The van der Waals surface area contributed by atoms with Gasteiger partial charge in [0.25, 0.3) is 0 Å². The molecule has 2 atom stereocenters. The SMILES string of the molecule is C=C1CNC(c2ccc(Cc3ccc(C4NCC(=C)C4=C)cc3)cc2)C1=C. The molecule has 4 rings (SSSR count). The maximum atomic E-state index is 4.16. The van der Waals surface area contributed by atoms with Crippen molar-refractivity contribution in [1.82, 2.24) is 10.6 Å². The minimum Gasteiger partial charge on any atom is -0.302 e. The molecule has 2 unspecified atom stereocenters. The summed E-state index contributed by atoms with van der Waals surface area (Å²) in [6.07, 6.45) is 0.929. The molecule has 2 aromatic rings. The minimum atomic E-state index is 0.201. The van der Waals surface area contributed by atoms with Gasteiger partial charge in [-0.25, -0.2) is 0 Å². The quantitative estimate of drug-likeness (QED) is 0.825. The number of hydrogen-bond donors (Lipinski definition) is 2. The lowest BCUT2D eigenvalue weighted by molar-refractivity contribution is 0.712. The molecule has 2 heteroatoms. The highest BCUT2D eigenvalue weighted by Crippen LogP contribution is 2.32. The van der Waals surface area contributed by atoms with Gasteiger partial charge in [0, 0.05) is 13.1 Å². The van der Waals surface area contributed by atoms with E-state index >= 15 is 0 Å². The molecule has 0 radical (unpaired) electrons. The van der Waals surface area contributed by atoms with Crippen molar-refractivity contribution in [2.45, 2.75) is 18.5 Å². The van der Waals surface area contributed by atoms with E-state index in [4.69, 9.17) is 0 Å². The number of hydrogen-bond acceptors (Lipinski definition) is 2. The fourth-order valence-electron chi connectivity index (χ4n) is 3.86.